The predicted octanol–water partition coefficient (Wildman–Crippen LogP) is 3.25. The van der Waals surface area contributed by atoms with Gasteiger partial charge < -0.3 is 15.2 Å². The Kier molecular flexibility index (Phi) is 5.40. The van der Waals surface area contributed by atoms with Crippen LogP contribution in [-0.2, 0) is 10.9 Å². The molecule has 0 radical (unpaired) electrons. The zero-order valence-electron chi connectivity index (χ0n) is 10.2. The second kappa shape index (κ2) is 6.48. The standard InChI is InChI=1S/C11H9F6NO2S/c12-10(13,14)4-19-5-20-8-2-1-6(9(18)21)3-7(8)11(15,16)17/h1-3H,4-5H2,(H2,18,21). The highest BCUT2D eigenvalue weighted by Gasteiger charge is 2.35. The summed E-state index contributed by atoms with van der Waals surface area (Å²) in [6, 6.07) is 2.73. The van der Waals surface area contributed by atoms with Crippen molar-refractivity contribution in [1.82, 2.24) is 0 Å². The van der Waals surface area contributed by atoms with Crippen LogP contribution in [0.25, 0.3) is 0 Å². The number of ether oxygens (including phenoxy) is 2. The first-order valence-corrected chi connectivity index (χ1v) is 5.70. The quantitative estimate of drug-likeness (QED) is 0.389. The summed E-state index contributed by atoms with van der Waals surface area (Å²) < 4.78 is 82.5. The Morgan fingerprint density at radius 1 is 1.14 bits per heavy atom. The average molecular weight is 333 g/mol. The van der Waals surface area contributed by atoms with Gasteiger partial charge in [0.25, 0.3) is 0 Å². The minimum Gasteiger partial charge on any atom is -0.467 e. The van der Waals surface area contributed by atoms with Gasteiger partial charge in [0.15, 0.2) is 6.79 Å². The Balaban J connectivity index is 2.84. The molecule has 1 aromatic rings. The van der Waals surface area contributed by atoms with Gasteiger partial charge in [0.1, 0.15) is 17.3 Å². The van der Waals surface area contributed by atoms with Crippen LogP contribution in [0.5, 0.6) is 5.75 Å². The van der Waals surface area contributed by atoms with Crippen molar-refractivity contribution in [2.75, 3.05) is 13.4 Å². The summed E-state index contributed by atoms with van der Waals surface area (Å²) in [5.74, 6) is -0.676. The Hall–Kier alpha value is -1.55. The van der Waals surface area contributed by atoms with Gasteiger partial charge in [-0.15, -0.1) is 0 Å². The van der Waals surface area contributed by atoms with Crippen molar-refractivity contribution < 1.29 is 35.8 Å². The van der Waals surface area contributed by atoms with Crippen LogP contribution in [0, 0.1) is 0 Å². The molecule has 0 unspecified atom stereocenters. The SMILES string of the molecule is NC(=S)c1ccc(OCOCC(F)(F)F)c(C(F)(F)F)c1. The number of hydrogen-bond acceptors (Lipinski definition) is 3. The van der Waals surface area contributed by atoms with Gasteiger partial charge in [-0.2, -0.15) is 26.3 Å². The Labute approximate surface area is 120 Å². The highest BCUT2D eigenvalue weighted by Crippen LogP contribution is 2.36. The lowest BCUT2D eigenvalue weighted by atomic mass is 10.1. The van der Waals surface area contributed by atoms with Crippen molar-refractivity contribution in [3.05, 3.63) is 29.3 Å². The number of halogens is 6. The second-order valence-corrected chi connectivity index (χ2v) is 4.24. The van der Waals surface area contributed by atoms with Crippen molar-refractivity contribution in [2.45, 2.75) is 12.4 Å². The van der Waals surface area contributed by atoms with Crippen molar-refractivity contribution in [2.24, 2.45) is 5.73 Å². The first kappa shape index (κ1) is 17.5. The van der Waals surface area contributed by atoms with E-state index in [-0.39, 0.29) is 10.6 Å². The summed E-state index contributed by atoms with van der Waals surface area (Å²) in [5, 5.41) is 0. The summed E-state index contributed by atoms with van der Waals surface area (Å²) in [7, 11) is 0. The molecule has 0 heterocycles. The number of alkyl halides is 6. The maximum absolute atomic E-state index is 12.8. The topological polar surface area (TPSA) is 44.5 Å². The number of thiocarbonyl (C=S) groups is 1. The van der Waals surface area contributed by atoms with Crippen molar-refractivity contribution in [1.29, 1.82) is 0 Å². The largest absolute Gasteiger partial charge is 0.467 e. The summed E-state index contributed by atoms with van der Waals surface area (Å²) in [6.07, 6.45) is -9.37. The molecule has 0 saturated carbocycles. The molecule has 0 aromatic heterocycles. The zero-order chi connectivity index (χ0) is 16.3. The second-order valence-electron chi connectivity index (χ2n) is 3.80. The molecule has 0 saturated heterocycles. The zero-order valence-corrected chi connectivity index (χ0v) is 11.0. The van der Waals surface area contributed by atoms with Gasteiger partial charge >= 0.3 is 12.4 Å². The minimum atomic E-state index is -4.78. The first-order chi connectivity index (χ1) is 9.50. The van der Waals surface area contributed by atoms with Crippen LogP contribution in [0.4, 0.5) is 26.3 Å². The van der Waals surface area contributed by atoms with Gasteiger partial charge in [-0.3, -0.25) is 0 Å². The fourth-order valence-electron chi connectivity index (χ4n) is 1.29. The molecule has 0 aliphatic heterocycles. The van der Waals surface area contributed by atoms with Crippen LogP contribution in [-0.4, -0.2) is 24.6 Å². The van der Waals surface area contributed by atoms with E-state index in [2.05, 4.69) is 21.7 Å². The van der Waals surface area contributed by atoms with Crippen molar-refractivity contribution in [3.8, 4) is 5.75 Å². The lowest BCUT2D eigenvalue weighted by Crippen LogP contribution is -2.20. The molecule has 1 aromatic carbocycles. The molecule has 0 aliphatic carbocycles. The summed E-state index contributed by atoms with van der Waals surface area (Å²) in [6.45, 7) is -2.60. The monoisotopic (exact) mass is 333 g/mol. The van der Waals surface area contributed by atoms with Gasteiger partial charge in [0.2, 0.25) is 0 Å². The fourth-order valence-corrected chi connectivity index (χ4v) is 1.42. The molecule has 0 fully saturated rings. The Morgan fingerprint density at radius 2 is 1.76 bits per heavy atom. The van der Waals surface area contributed by atoms with E-state index in [0.717, 1.165) is 12.1 Å². The van der Waals surface area contributed by atoms with Gasteiger partial charge in [-0.25, -0.2) is 0 Å². The number of benzene rings is 1. The number of nitrogens with two attached hydrogens (primary N) is 1. The van der Waals surface area contributed by atoms with E-state index in [4.69, 9.17) is 5.73 Å². The molecule has 10 heteroatoms. The van der Waals surface area contributed by atoms with Gasteiger partial charge in [0.05, 0.1) is 5.56 Å². The van der Waals surface area contributed by atoms with Crippen LogP contribution >= 0.6 is 12.2 Å². The predicted molar refractivity (Wildman–Crippen MR) is 64.8 cm³/mol. The van der Waals surface area contributed by atoms with Crippen molar-refractivity contribution in [3.63, 3.8) is 0 Å². The van der Waals surface area contributed by atoms with Crippen LogP contribution in [0.15, 0.2) is 18.2 Å². The van der Waals surface area contributed by atoms with Crippen molar-refractivity contribution >= 4 is 17.2 Å². The molecule has 118 valence electrons. The van der Waals surface area contributed by atoms with Gasteiger partial charge in [0, 0.05) is 5.56 Å². The third-order valence-corrected chi connectivity index (χ3v) is 2.37. The normalized spacial score (nSPS) is 12.3. The lowest BCUT2D eigenvalue weighted by Gasteiger charge is -2.15. The van der Waals surface area contributed by atoms with Crippen LogP contribution < -0.4 is 10.5 Å². The van der Waals surface area contributed by atoms with Crippen LogP contribution in [0.1, 0.15) is 11.1 Å². The number of hydrogen-bond donors (Lipinski definition) is 1. The smallest absolute Gasteiger partial charge is 0.419 e. The van der Waals surface area contributed by atoms with E-state index in [9.17, 15) is 26.3 Å². The fraction of sp³-hybridized carbons (Fsp3) is 0.364. The first-order valence-electron chi connectivity index (χ1n) is 5.29. The summed E-state index contributed by atoms with van der Waals surface area (Å²) >= 11 is 4.55. The van der Waals surface area contributed by atoms with Crippen LogP contribution in [0.2, 0.25) is 0 Å². The van der Waals surface area contributed by atoms with E-state index in [1.54, 1.807) is 0 Å². The molecular weight excluding hydrogens is 324 g/mol. The molecule has 3 nitrogen and oxygen atoms in total. The molecule has 0 spiro atoms. The Bertz CT molecular complexity index is 514. The molecule has 1 rings (SSSR count). The number of rotatable bonds is 5. The molecule has 0 bridgehead atoms. The maximum Gasteiger partial charge on any atom is 0.419 e. The van der Waals surface area contributed by atoms with Crippen LogP contribution in [0.3, 0.4) is 0 Å². The summed E-state index contributed by atoms with van der Waals surface area (Å²) in [5.41, 5.74) is 3.97. The molecule has 0 atom stereocenters. The molecule has 0 aliphatic rings. The third kappa shape index (κ3) is 5.76. The van der Waals surface area contributed by atoms with Gasteiger partial charge in [-0.1, -0.05) is 12.2 Å². The summed E-state index contributed by atoms with van der Waals surface area (Å²) in [4.78, 5) is -0.250. The third-order valence-electron chi connectivity index (χ3n) is 2.13. The highest BCUT2D eigenvalue weighted by atomic mass is 32.1. The Morgan fingerprint density at radius 3 is 2.24 bits per heavy atom. The molecular formula is C11H9F6NO2S. The van der Waals surface area contributed by atoms with E-state index in [0.29, 0.717) is 6.07 Å². The van der Waals surface area contributed by atoms with E-state index in [1.807, 2.05) is 0 Å². The molecule has 0 amide bonds. The molecule has 21 heavy (non-hydrogen) atoms. The molecule has 2 N–H and O–H groups in total. The highest BCUT2D eigenvalue weighted by molar-refractivity contribution is 7.80. The van der Waals surface area contributed by atoms with E-state index >= 15 is 0 Å². The maximum atomic E-state index is 12.8. The average Bonchev–Trinajstić information content (AvgIpc) is 2.32. The minimum absolute atomic E-state index is 0.0408. The van der Waals surface area contributed by atoms with E-state index in [1.165, 1.54) is 0 Å². The van der Waals surface area contributed by atoms with Gasteiger partial charge in [-0.05, 0) is 18.2 Å². The van der Waals surface area contributed by atoms with E-state index < -0.39 is 37.1 Å². The lowest BCUT2D eigenvalue weighted by molar-refractivity contribution is -0.187.